The van der Waals surface area contributed by atoms with Gasteiger partial charge in [0.15, 0.2) is 11.5 Å². The molecule has 1 atom stereocenters. The highest BCUT2D eigenvalue weighted by atomic mass is 16.5. The highest BCUT2D eigenvalue weighted by molar-refractivity contribution is 6.18. The normalized spacial score (nSPS) is 16.0. The van der Waals surface area contributed by atoms with Crippen molar-refractivity contribution in [1.29, 1.82) is 0 Å². The van der Waals surface area contributed by atoms with Crippen molar-refractivity contribution in [3.63, 3.8) is 0 Å². The van der Waals surface area contributed by atoms with Crippen molar-refractivity contribution in [3.05, 3.63) is 77.6 Å². The standard InChI is InChI=1S/C25H22N4O5/c1-33-19-8-7-17-21(22(19)34-2)25(32)29-18-6-4-3-5-16(18)24(31)28(23(17)29)14-11-20(30)27-15-9-12-26-13-10-15/h3-10,12-13,23H,11,14H2,1-2H3,(H,26,27,30)/t23-/m1/s1. The van der Waals surface area contributed by atoms with Gasteiger partial charge in [-0.1, -0.05) is 18.2 Å². The number of fused-ring (bicyclic) bond motifs is 5. The van der Waals surface area contributed by atoms with E-state index in [2.05, 4.69) is 10.3 Å². The zero-order valence-electron chi connectivity index (χ0n) is 18.6. The van der Waals surface area contributed by atoms with Crippen LogP contribution in [0, 0.1) is 0 Å². The second-order valence-corrected chi connectivity index (χ2v) is 7.86. The molecule has 3 aromatic rings. The van der Waals surface area contributed by atoms with Gasteiger partial charge in [0.25, 0.3) is 11.8 Å². The smallest absolute Gasteiger partial charge is 0.264 e. The van der Waals surface area contributed by atoms with Gasteiger partial charge in [0.05, 0.1) is 31.0 Å². The van der Waals surface area contributed by atoms with Gasteiger partial charge in [-0.05, 0) is 30.3 Å². The lowest BCUT2D eigenvalue weighted by Gasteiger charge is -2.40. The van der Waals surface area contributed by atoms with Gasteiger partial charge in [-0.3, -0.25) is 24.3 Å². The van der Waals surface area contributed by atoms with Crippen molar-refractivity contribution in [1.82, 2.24) is 9.88 Å². The Balaban J connectivity index is 1.53. The summed E-state index contributed by atoms with van der Waals surface area (Å²) in [5.41, 5.74) is 2.52. The Kier molecular flexibility index (Phi) is 5.37. The summed E-state index contributed by atoms with van der Waals surface area (Å²) in [4.78, 5) is 46.8. The number of nitrogens with one attached hydrogen (secondary N) is 1. The summed E-state index contributed by atoms with van der Waals surface area (Å²) >= 11 is 0. The molecule has 3 heterocycles. The van der Waals surface area contributed by atoms with E-state index in [-0.39, 0.29) is 30.7 Å². The molecule has 1 N–H and O–H groups in total. The van der Waals surface area contributed by atoms with Crippen molar-refractivity contribution < 1.29 is 23.9 Å². The van der Waals surface area contributed by atoms with Crippen LogP contribution in [-0.4, -0.2) is 48.4 Å². The van der Waals surface area contributed by atoms with Crippen LogP contribution in [0.15, 0.2) is 60.9 Å². The molecule has 1 aromatic heterocycles. The zero-order valence-corrected chi connectivity index (χ0v) is 18.6. The van der Waals surface area contributed by atoms with E-state index in [9.17, 15) is 14.4 Å². The average molecular weight is 458 g/mol. The highest BCUT2D eigenvalue weighted by Crippen LogP contribution is 2.49. The fourth-order valence-corrected chi connectivity index (χ4v) is 4.53. The van der Waals surface area contributed by atoms with E-state index in [1.54, 1.807) is 70.7 Å². The topological polar surface area (TPSA) is 101 Å². The van der Waals surface area contributed by atoms with Crippen molar-refractivity contribution in [2.45, 2.75) is 12.6 Å². The summed E-state index contributed by atoms with van der Waals surface area (Å²) in [5, 5.41) is 2.80. The third-order valence-corrected chi connectivity index (χ3v) is 6.03. The molecule has 0 radical (unpaired) electrons. The van der Waals surface area contributed by atoms with Crippen LogP contribution in [0.4, 0.5) is 11.4 Å². The molecule has 9 heteroatoms. The second kappa shape index (κ2) is 8.51. The molecule has 0 aliphatic carbocycles. The maximum absolute atomic E-state index is 13.6. The van der Waals surface area contributed by atoms with Crippen LogP contribution >= 0.6 is 0 Å². The van der Waals surface area contributed by atoms with Crippen LogP contribution in [0.5, 0.6) is 11.5 Å². The maximum Gasteiger partial charge on any atom is 0.264 e. The highest BCUT2D eigenvalue weighted by Gasteiger charge is 2.49. The fraction of sp³-hybridized carbons (Fsp3) is 0.200. The quantitative estimate of drug-likeness (QED) is 0.609. The van der Waals surface area contributed by atoms with E-state index in [1.165, 1.54) is 14.2 Å². The van der Waals surface area contributed by atoms with Crippen molar-refractivity contribution in [2.75, 3.05) is 31.0 Å². The van der Waals surface area contributed by atoms with Gasteiger partial charge in [0.1, 0.15) is 6.17 Å². The molecule has 0 unspecified atom stereocenters. The van der Waals surface area contributed by atoms with Gasteiger partial charge in [-0.15, -0.1) is 0 Å². The van der Waals surface area contributed by atoms with E-state index in [1.807, 2.05) is 0 Å². The molecule has 2 aliphatic rings. The van der Waals surface area contributed by atoms with Crippen LogP contribution in [-0.2, 0) is 4.79 Å². The van der Waals surface area contributed by atoms with Crippen LogP contribution in [0.25, 0.3) is 0 Å². The first-order valence-electron chi connectivity index (χ1n) is 10.7. The zero-order chi connectivity index (χ0) is 23.8. The van der Waals surface area contributed by atoms with Crippen LogP contribution in [0.3, 0.4) is 0 Å². The minimum Gasteiger partial charge on any atom is -0.493 e. The van der Waals surface area contributed by atoms with Gasteiger partial charge in [-0.2, -0.15) is 0 Å². The number of para-hydroxylation sites is 1. The number of nitrogens with zero attached hydrogens (tertiary/aromatic N) is 3. The third kappa shape index (κ3) is 3.33. The number of amides is 3. The SMILES string of the molecule is COc1ccc2c(c1OC)C(=O)N1c3ccccc3C(=O)N(CCC(=O)Nc3ccncc3)[C@@H]21. The average Bonchev–Trinajstić information content (AvgIpc) is 3.16. The molecular formula is C25H22N4O5. The molecule has 0 saturated carbocycles. The van der Waals surface area contributed by atoms with Crippen molar-refractivity contribution in [3.8, 4) is 11.5 Å². The molecular weight excluding hydrogens is 436 g/mol. The Morgan fingerprint density at radius 1 is 1.00 bits per heavy atom. The number of rotatable bonds is 6. The molecule has 5 rings (SSSR count). The van der Waals surface area contributed by atoms with E-state index in [4.69, 9.17) is 9.47 Å². The molecule has 0 saturated heterocycles. The number of anilines is 2. The Hall–Kier alpha value is -4.40. The minimum absolute atomic E-state index is 0.0530. The number of aromatic nitrogens is 1. The van der Waals surface area contributed by atoms with E-state index in [0.29, 0.717) is 39.6 Å². The summed E-state index contributed by atoms with van der Waals surface area (Å²) in [6.07, 6.45) is 2.53. The van der Waals surface area contributed by atoms with Gasteiger partial charge >= 0.3 is 0 Å². The number of benzene rings is 2. The van der Waals surface area contributed by atoms with Gasteiger partial charge < -0.3 is 19.7 Å². The lowest BCUT2D eigenvalue weighted by Crippen LogP contribution is -2.49. The molecule has 3 amide bonds. The van der Waals surface area contributed by atoms with Gasteiger partial charge in [-0.25, -0.2) is 0 Å². The molecule has 2 aromatic carbocycles. The Bertz CT molecular complexity index is 1290. The first-order valence-corrected chi connectivity index (χ1v) is 10.7. The van der Waals surface area contributed by atoms with Crippen LogP contribution in [0.1, 0.15) is 38.9 Å². The largest absolute Gasteiger partial charge is 0.493 e. The molecule has 2 aliphatic heterocycles. The molecule has 172 valence electrons. The van der Waals surface area contributed by atoms with Gasteiger partial charge in [0.2, 0.25) is 5.91 Å². The maximum atomic E-state index is 13.6. The Morgan fingerprint density at radius 3 is 2.50 bits per heavy atom. The van der Waals surface area contributed by atoms with Crippen LogP contribution in [0.2, 0.25) is 0 Å². The summed E-state index contributed by atoms with van der Waals surface area (Å²) in [6, 6.07) is 13.8. The summed E-state index contributed by atoms with van der Waals surface area (Å²) in [6.45, 7) is 0.117. The predicted molar refractivity (Wildman–Crippen MR) is 124 cm³/mol. The second-order valence-electron chi connectivity index (χ2n) is 7.86. The number of carbonyl (C=O) groups excluding carboxylic acids is 3. The monoisotopic (exact) mass is 458 g/mol. The van der Waals surface area contributed by atoms with Gasteiger partial charge in [0, 0.05) is 36.6 Å². The summed E-state index contributed by atoms with van der Waals surface area (Å²) in [7, 11) is 2.98. The number of hydrogen-bond donors (Lipinski definition) is 1. The van der Waals surface area contributed by atoms with E-state index < -0.39 is 6.17 Å². The number of hydrogen-bond acceptors (Lipinski definition) is 6. The Morgan fingerprint density at radius 2 is 1.76 bits per heavy atom. The number of ether oxygens (including phenoxy) is 2. The van der Waals surface area contributed by atoms with Crippen LogP contribution < -0.4 is 19.7 Å². The molecule has 0 spiro atoms. The first kappa shape index (κ1) is 21.4. The van der Waals surface area contributed by atoms with E-state index in [0.717, 1.165) is 0 Å². The predicted octanol–water partition coefficient (Wildman–Crippen LogP) is 3.24. The lowest BCUT2D eigenvalue weighted by molar-refractivity contribution is -0.116. The molecule has 0 bridgehead atoms. The number of carbonyl (C=O) groups is 3. The first-order chi connectivity index (χ1) is 16.5. The minimum atomic E-state index is -0.696. The fourth-order valence-electron chi connectivity index (χ4n) is 4.53. The third-order valence-electron chi connectivity index (χ3n) is 6.03. The Labute approximate surface area is 195 Å². The number of methoxy groups -OCH3 is 2. The van der Waals surface area contributed by atoms with E-state index >= 15 is 0 Å². The lowest BCUT2D eigenvalue weighted by atomic mass is 10.0. The van der Waals surface area contributed by atoms with Crippen molar-refractivity contribution >= 4 is 29.1 Å². The molecule has 0 fully saturated rings. The number of pyridine rings is 1. The van der Waals surface area contributed by atoms with Crippen molar-refractivity contribution in [2.24, 2.45) is 0 Å². The molecule has 34 heavy (non-hydrogen) atoms. The summed E-state index contributed by atoms with van der Waals surface area (Å²) < 4.78 is 10.9. The molecule has 9 nitrogen and oxygen atoms in total. The summed E-state index contributed by atoms with van der Waals surface area (Å²) in [5.74, 6) is -0.0377.